The van der Waals surface area contributed by atoms with Crippen molar-refractivity contribution in [1.29, 1.82) is 0 Å². The van der Waals surface area contributed by atoms with Gasteiger partial charge in [-0.25, -0.2) is 4.79 Å². The van der Waals surface area contributed by atoms with Gasteiger partial charge in [-0.15, -0.1) is 0 Å². The maximum atomic E-state index is 12.8. The molecule has 1 aliphatic rings. The molecule has 0 spiro atoms. The zero-order valence-corrected chi connectivity index (χ0v) is 18.2. The van der Waals surface area contributed by atoms with E-state index in [0.717, 1.165) is 6.42 Å². The smallest absolute Gasteiger partial charge is 0.342 e. The molecule has 1 N–H and O–H groups in total. The number of ether oxygens (including phenoxy) is 2. The van der Waals surface area contributed by atoms with Gasteiger partial charge in [-0.05, 0) is 44.2 Å². The molecule has 0 unspecified atom stereocenters. The van der Waals surface area contributed by atoms with E-state index in [1.54, 1.807) is 43.3 Å². The van der Waals surface area contributed by atoms with Crippen LogP contribution in [0, 0.1) is 0 Å². The van der Waals surface area contributed by atoms with E-state index in [-0.39, 0.29) is 41.3 Å². The highest BCUT2D eigenvalue weighted by Crippen LogP contribution is 2.31. The van der Waals surface area contributed by atoms with E-state index < -0.39 is 5.97 Å². The second-order valence-corrected chi connectivity index (χ2v) is 7.93. The van der Waals surface area contributed by atoms with E-state index in [4.69, 9.17) is 9.47 Å². The summed E-state index contributed by atoms with van der Waals surface area (Å²) in [6.45, 7) is 1.57. The summed E-state index contributed by atoms with van der Waals surface area (Å²) in [5, 5.41) is 10.6. The number of fused-ring (bicyclic) bond motifs is 1. The van der Waals surface area contributed by atoms with E-state index in [9.17, 15) is 19.5 Å². The largest absolute Gasteiger partial charge is 0.507 e. The average Bonchev–Trinajstić information content (AvgIpc) is 2.77. The number of allylic oxidation sites excluding steroid dienone is 1. The fourth-order valence-electron chi connectivity index (χ4n) is 3.56. The maximum Gasteiger partial charge on any atom is 0.342 e. The first-order valence-corrected chi connectivity index (χ1v) is 10.9. The molecule has 6 nitrogen and oxygen atoms in total. The van der Waals surface area contributed by atoms with Crippen molar-refractivity contribution in [3.05, 3.63) is 65.2 Å². The average molecular weight is 437 g/mol. The Balaban J connectivity index is 1.82. The van der Waals surface area contributed by atoms with Gasteiger partial charge >= 0.3 is 5.97 Å². The van der Waals surface area contributed by atoms with Crippen molar-refractivity contribution < 1.29 is 29.0 Å². The number of cyclic esters (lactones) is 1. The molecule has 3 rings (SSSR count). The van der Waals surface area contributed by atoms with Crippen LogP contribution in [0.2, 0.25) is 0 Å². The van der Waals surface area contributed by atoms with E-state index in [1.165, 1.54) is 6.07 Å². The number of hydrogen-bond acceptors (Lipinski definition) is 6. The van der Waals surface area contributed by atoms with Gasteiger partial charge in [0.05, 0.1) is 6.10 Å². The van der Waals surface area contributed by atoms with Crippen LogP contribution >= 0.6 is 0 Å². The number of phenolic OH excluding ortho intramolecular Hbond substituents is 1. The predicted octanol–water partition coefficient (Wildman–Crippen LogP) is 5.14. The van der Waals surface area contributed by atoms with Crippen LogP contribution in [0.3, 0.4) is 0 Å². The summed E-state index contributed by atoms with van der Waals surface area (Å²) in [7, 11) is 0. The Hall–Kier alpha value is -3.41. The summed E-state index contributed by atoms with van der Waals surface area (Å²) in [6, 6.07) is 11.7. The molecular weight excluding hydrogens is 408 g/mol. The van der Waals surface area contributed by atoms with Gasteiger partial charge in [-0.1, -0.05) is 42.5 Å². The number of rotatable bonds is 4. The quantitative estimate of drug-likeness (QED) is 0.527. The number of carbonyl (C=O) groups is 3. The van der Waals surface area contributed by atoms with Gasteiger partial charge in [0.25, 0.3) is 0 Å². The molecule has 0 bridgehead atoms. The van der Waals surface area contributed by atoms with Crippen molar-refractivity contribution in [2.75, 3.05) is 6.61 Å². The summed E-state index contributed by atoms with van der Waals surface area (Å²) in [5.41, 5.74) is 1.03. The number of phenols is 1. The first kappa shape index (κ1) is 23.3. The molecule has 168 valence electrons. The van der Waals surface area contributed by atoms with Crippen molar-refractivity contribution in [2.24, 2.45) is 0 Å². The Bertz CT molecular complexity index is 993. The summed E-state index contributed by atoms with van der Waals surface area (Å²) in [5.74, 6) is -0.615. The topological polar surface area (TPSA) is 89.9 Å². The van der Waals surface area contributed by atoms with Crippen molar-refractivity contribution >= 4 is 23.6 Å². The molecule has 32 heavy (non-hydrogen) atoms. The van der Waals surface area contributed by atoms with Crippen molar-refractivity contribution in [1.82, 2.24) is 0 Å². The lowest BCUT2D eigenvalue weighted by molar-refractivity contribution is -0.119. The van der Waals surface area contributed by atoms with Gasteiger partial charge < -0.3 is 14.6 Å². The lowest BCUT2D eigenvalue weighted by Gasteiger charge is -2.16. The van der Waals surface area contributed by atoms with E-state index >= 15 is 0 Å². The van der Waals surface area contributed by atoms with Gasteiger partial charge in [-0.2, -0.15) is 0 Å². The minimum atomic E-state index is -0.634. The normalized spacial score (nSPS) is 18.7. The Kier molecular flexibility index (Phi) is 8.20. The molecule has 0 radical (unpaired) electrons. The first-order valence-electron chi connectivity index (χ1n) is 10.9. The Labute approximate surface area is 187 Å². The van der Waals surface area contributed by atoms with Gasteiger partial charge in [0.2, 0.25) is 0 Å². The fourth-order valence-corrected chi connectivity index (χ4v) is 3.56. The summed E-state index contributed by atoms with van der Waals surface area (Å²) >= 11 is 0. The Morgan fingerprint density at radius 3 is 2.66 bits per heavy atom. The van der Waals surface area contributed by atoms with Crippen LogP contribution in [0.4, 0.5) is 0 Å². The zero-order chi connectivity index (χ0) is 22.9. The molecule has 2 aromatic carbocycles. The van der Waals surface area contributed by atoms with Crippen LogP contribution in [-0.4, -0.2) is 35.4 Å². The summed E-state index contributed by atoms with van der Waals surface area (Å²) in [6.07, 6.45) is 6.80. The van der Waals surface area contributed by atoms with E-state index in [0.29, 0.717) is 43.2 Å². The summed E-state index contributed by atoms with van der Waals surface area (Å²) < 4.78 is 11.1. The zero-order valence-electron chi connectivity index (χ0n) is 18.2. The molecule has 6 heteroatoms. The molecule has 1 atom stereocenters. The molecule has 1 aliphatic heterocycles. The molecule has 2 aromatic rings. The highest BCUT2D eigenvalue weighted by atomic mass is 16.5. The maximum absolute atomic E-state index is 12.8. The molecule has 0 saturated carbocycles. The number of benzene rings is 2. The second kappa shape index (κ2) is 11.3. The highest BCUT2D eigenvalue weighted by Gasteiger charge is 2.21. The van der Waals surface area contributed by atoms with E-state index in [1.807, 2.05) is 12.1 Å². The molecule has 0 saturated heterocycles. The molecule has 0 aliphatic carbocycles. The minimum absolute atomic E-state index is 0.0583. The lowest BCUT2D eigenvalue weighted by atomic mass is 10.0. The molecule has 1 heterocycles. The van der Waals surface area contributed by atoms with Gasteiger partial charge in [0.15, 0.2) is 12.4 Å². The SMILES string of the molecule is C[C@H]1CCCC(=O)CCC/C=C\c2cc(OCC(=O)c3ccccc3)cc(O)c2C(=O)O1. The monoisotopic (exact) mass is 436 g/mol. The number of aromatic hydroxyl groups is 1. The Morgan fingerprint density at radius 2 is 1.88 bits per heavy atom. The van der Waals surface area contributed by atoms with Crippen LogP contribution in [-0.2, 0) is 9.53 Å². The highest BCUT2D eigenvalue weighted by molar-refractivity contribution is 5.98. The van der Waals surface area contributed by atoms with Crippen LogP contribution < -0.4 is 4.74 Å². The predicted molar refractivity (Wildman–Crippen MR) is 121 cm³/mol. The van der Waals surface area contributed by atoms with Crippen molar-refractivity contribution in [3.63, 3.8) is 0 Å². The van der Waals surface area contributed by atoms with Gasteiger partial charge in [0.1, 0.15) is 22.8 Å². The van der Waals surface area contributed by atoms with Gasteiger partial charge in [0, 0.05) is 24.5 Å². The number of esters is 1. The van der Waals surface area contributed by atoms with Crippen molar-refractivity contribution in [3.8, 4) is 11.5 Å². The van der Waals surface area contributed by atoms with Crippen LogP contribution in [0.1, 0.15) is 71.7 Å². The first-order chi connectivity index (χ1) is 15.4. The fraction of sp³-hybridized carbons (Fsp3) is 0.346. The Morgan fingerprint density at radius 1 is 1.12 bits per heavy atom. The summed E-state index contributed by atoms with van der Waals surface area (Å²) in [4.78, 5) is 37.0. The van der Waals surface area contributed by atoms with Gasteiger partial charge in [-0.3, -0.25) is 9.59 Å². The number of Topliss-reactive ketones (excluding diaryl/α,β-unsaturated/α-hetero) is 2. The third-order valence-electron chi connectivity index (χ3n) is 5.29. The third-order valence-corrected chi connectivity index (χ3v) is 5.29. The number of carbonyl (C=O) groups excluding carboxylic acids is 3. The third kappa shape index (κ3) is 6.54. The molecule has 0 aromatic heterocycles. The molecule has 0 fully saturated rings. The van der Waals surface area contributed by atoms with Crippen LogP contribution in [0.15, 0.2) is 48.5 Å². The molecule has 0 amide bonds. The van der Waals surface area contributed by atoms with Crippen molar-refractivity contribution in [2.45, 2.75) is 51.6 Å². The number of hydrogen-bond donors (Lipinski definition) is 1. The standard InChI is InChI=1S/C26H28O6/c1-18-9-8-14-21(27)13-7-3-6-12-20-15-22(16-23(28)25(20)26(30)32-18)31-17-24(29)19-10-4-2-5-11-19/h2,4-6,10-12,15-16,18,28H,3,7-9,13-14,17H2,1H3/b12-6-/t18-/m0/s1. The number of ketones is 2. The van der Waals surface area contributed by atoms with Crippen LogP contribution in [0.5, 0.6) is 11.5 Å². The lowest BCUT2D eigenvalue weighted by Crippen LogP contribution is -2.17. The second-order valence-electron chi connectivity index (χ2n) is 7.93. The van der Waals surface area contributed by atoms with E-state index in [2.05, 4.69) is 0 Å². The minimum Gasteiger partial charge on any atom is -0.507 e. The molecular formula is C26H28O6. The van der Waals surface area contributed by atoms with Crippen LogP contribution in [0.25, 0.3) is 6.08 Å².